The van der Waals surface area contributed by atoms with Crippen LogP contribution in [0.2, 0.25) is 0 Å². The van der Waals surface area contributed by atoms with Crippen LogP contribution >= 0.6 is 15.9 Å². The largest absolute Gasteiger partial charge is 0.497 e. The number of amides is 1. The van der Waals surface area contributed by atoms with Crippen LogP contribution in [0, 0.1) is 0 Å². The number of benzene rings is 3. The predicted octanol–water partition coefficient (Wildman–Crippen LogP) is 6.04. The molecule has 0 saturated heterocycles. The SMILES string of the molecule is COc1ccc(-c2cnc(-c3ccccc3C(=O)Nc3cccc(Br)c3)o2)c(OC)c1. The van der Waals surface area contributed by atoms with Gasteiger partial charge in [-0.1, -0.05) is 34.1 Å². The van der Waals surface area contributed by atoms with Crippen LogP contribution in [0.3, 0.4) is 0 Å². The van der Waals surface area contributed by atoms with E-state index in [2.05, 4.69) is 26.2 Å². The average Bonchev–Trinajstić information content (AvgIpc) is 3.28. The second-order valence-corrected chi connectivity index (χ2v) is 7.52. The molecule has 0 atom stereocenters. The average molecular weight is 479 g/mol. The molecule has 1 amide bonds. The number of rotatable bonds is 6. The number of ether oxygens (including phenoxy) is 2. The highest BCUT2D eigenvalue weighted by Gasteiger charge is 2.18. The van der Waals surface area contributed by atoms with E-state index in [0.717, 1.165) is 10.0 Å². The molecule has 4 rings (SSSR count). The van der Waals surface area contributed by atoms with Crippen molar-refractivity contribution < 1.29 is 18.7 Å². The van der Waals surface area contributed by atoms with E-state index >= 15 is 0 Å². The minimum atomic E-state index is -0.254. The Morgan fingerprint density at radius 2 is 1.81 bits per heavy atom. The maximum atomic E-state index is 12.9. The number of methoxy groups -OCH3 is 2. The first-order valence-corrected chi connectivity index (χ1v) is 10.2. The smallest absolute Gasteiger partial charge is 0.256 e. The predicted molar refractivity (Wildman–Crippen MR) is 123 cm³/mol. The molecule has 3 aromatic carbocycles. The van der Waals surface area contributed by atoms with Crippen LogP contribution in [0.15, 0.2) is 81.8 Å². The van der Waals surface area contributed by atoms with Crippen molar-refractivity contribution in [1.29, 1.82) is 0 Å². The molecule has 1 heterocycles. The summed E-state index contributed by atoms with van der Waals surface area (Å²) in [5.41, 5.74) is 2.47. The van der Waals surface area contributed by atoms with E-state index in [-0.39, 0.29) is 5.91 Å². The first kappa shape index (κ1) is 20.7. The van der Waals surface area contributed by atoms with Crippen molar-refractivity contribution in [2.24, 2.45) is 0 Å². The van der Waals surface area contributed by atoms with Crippen LogP contribution in [0.5, 0.6) is 11.5 Å². The summed E-state index contributed by atoms with van der Waals surface area (Å²) in [7, 11) is 3.17. The second-order valence-electron chi connectivity index (χ2n) is 6.61. The minimum absolute atomic E-state index is 0.254. The summed E-state index contributed by atoms with van der Waals surface area (Å²) >= 11 is 3.41. The number of hydrogen-bond acceptors (Lipinski definition) is 5. The van der Waals surface area contributed by atoms with E-state index in [9.17, 15) is 4.79 Å². The molecule has 0 bridgehead atoms. The molecule has 6 nitrogen and oxygen atoms in total. The third kappa shape index (κ3) is 4.46. The minimum Gasteiger partial charge on any atom is -0.497 e. The number of carbonyl (C=O) groups excluding carboxylic acids is 1. The van der Waals surface area contributed by atoms with Crippen molar-refractivity contribution >= 4 is 27.5 Å². The summed E-state index contributed by atoms with van der Waals surface area (Å²) in [4.78, 5) is 17.3. The lowest BCUT2D eigenvalue weighted by molar-refractivity contribution is 0.102. The molecule has 0 aliphatic carbocycles. The van der Waals surface area contributed by atoms with E-state index in [1.54, 1.807) is 44.7 Å². The Bertz CT molecular complexity index is 1240. The molecule has 156 valence electrons. The number of hydrogen-bond donors (Lipinski definition) is 1. The molecule has 4 aromatic rings. The number of halogens is 1. The summed E-state index contributed by atoms with van der Waals surface area (Å²) in [6, 6.07) is 20.0. The van der Waals surface area contributed by atoms with E-state index in [0.29, 0.717) is 40.0 Å². The lowest BCUT2D eigenvalue weighted by atomic mass is 10.1. The molecular formula is C24H19BrN2O4. The van der Waals surface area contributed by atoms with Gasteiger partial charge in [-0.25, -0.2) is 4.98 Å². The highest BCUT2D eigenvalue weighted by atomic mass is 79.9. The van der Waals surface area contributed by atoms with Crippen LogP contribution in [0.25, 0.3) is 22.8 Å². The maximum absolute atomic E-state index is 12.9. The molecule has 0 fully saturated rings. The number of aromatic nitrogens is 1. The molecule has 7 heteroatoms. The van der Waals surface area contributed by atoms with Crippen molar-refractivity contribution in [1.82, 2.24) is 4.98 Å². The molecule has 1 aromatic heterocycles. The molecule has 0 radical (unpaired) electrons. The molecule has 1 N–H and O–H groups in total. The lowest BCUT2D eigenvalue weighted by Gasteiger charge is -2.09. The Labute approximate surface area is 188 Å². The first-order valence-electron chi connectivity index (χ1n) is 9.43. The molecule has 0 aliphatic heterocycles. The third-order valence-electron chi connectivity index (χ3n) is 4.66. The summed E-state index contributed by atoms with van der Waals surface area (Å²) in [5, 5.41) is 2.91. The molecule has 0 unspecified atom stereocenters. The molecule has 0 saturated carbocycles. The van der Waals surface area contributed by atoms with Crippen molar-refractivity contribution in [2.45, 2.75) is 0 Å². The fraction of sp³-hybridized carbons (Fsp3) is 0.0833. The molecule has 0 spiro atoms. The molecule has 0 aliphatic rings. The van der Waals surface area contributed by atoms with Gasteiger partial charge in [0.05, 0.1) is 31.5 Å². The van der Waals surface area contributed by atoms with E-state index in [1.807, 2.05) is 42.5 Å². The summed E-state index contributed by atoms with van der Waals surface area (Å²) in [6.45, 7) is 0. The quantitative estimate of drug-likeness (QED) is 0.365. The topological polar surface area (TPSA) is 73.6 Å². The molecule has 31 heavy (non-hydrogen) atoms. The third-order valence-corrected chi connectivity index (χ3v) is 5.16. The van der Waals surface area contributed by atoms with Crippen molar-refractivity contribution in [3.8, 4) is 34.3 Å². The van der Waals surface area contributed by atoms with Crippen LogP contribution in [-0.2, 0) is 0 Å². The fourth-order valence-corrected chi connectivity index (χ4v) is 3.56. The zero-order valence-electron chi connectivity index (χ0n) is 16.9. The van der Waals surface area contributed by atoms with Gasteiger partial charge in [-0.2, -0.15) is 0 Å². The van der Waals surface area contributed by atoms with E-state index in [4.69, 9.17) is 13.9 Å². The highest BCUT2D eigenvalue weighted by Crippen LogP contribution is 2.35. The number of anilines is 1. The number of oxazole rings is 1. The standard InChI is InChI=1S/C24H19BrN2O4/c1-29-17-10-11-20(21(13-17)30-2)22-14-26-24(31-22)19-9-4-3-8-18(19)23(28)27-16-7-5-6-15(25)12-16/h3-14H,1-2H3,(H,27,28). The van der Waals surface area contributed by atoms with Gasteiger partial charge in [-0.3, -0.25) is 4.79 Å². The van der Waals surface area contributed by atoms with Crippen molar-refractivity contribution in [2.75, 3.05) is 19.5 Å². The highest BCUT2D eigenvalue weighted by molar-refractivity contribution is 9.10. The Morgan fingerprint density at radius 1 is 0.968 bits per heavy atom. The van der Waals surface area contributed by atoms with E-state index < -0.39 is 0 Å². The molecular weight excluding hydrogens is 460 g/mol. The van der Waals surface area contributed by atoms with Crippen molar-refractivity contribution in [3.63, 3.8) is 0 Å². The maximum Gasteiger partial charge on any atom is 0.256 e. The van der Waals surface area contributed by atoms with Crippen LogP contribution in [0.1, 0.15) is 10.4 Å². The first-order chi connectivity index (χ1) is 15.1. The summed E-state index contributed by atoms with van der Waals surface area (Å²) < 4.78 is 17.6. The zero-order valence-corrected chi connectivity index (χ0v) is 18.5. The number of nitrogens with zero attached hydrogens (tertiary/aromatic N) is 1. The Morgan fingerprint density at radius 3 is 2.58 bits per heavy atom. The Hall–Kier alpha value is -3.58. The van der Waals surface area contributed by atoms with Gasteiger partial charge in [-0.15, -0.1) is 0 Å². The van der Waals surface area contributed by atoms with Crippen molar-refractivity contribution in [3.05, 3.63) is 83.0 Å². The summed E-state index contributed by atoms with van der Waals surface area (Å²) in [5.74, 6) is 1.89. The van der Waals surface area contributed by atoms with Crippen LogP contribution < -0.4 is 14.8 Å². The zero-order chi connectivity index (χ0) is 21.8. The van der Waals surface area contributed by atoms with Crippen LogP contribution in [0.4, 0.5) is 5.69 Å². The van der Waals surface area contributed by atoms with Gasteiger partial charge in [0.15, 0.2) is 5.76 Å². The van der Waals surface area contributed by atoms with E-state index in [1.165, 1.54) is 0 Å². The summed E-state index contributed by atoms with van der Waals surface area (Å²) in [6.07, 6.45) is 1.61. The number of carbonyl (C=O) groups is 1. The van der Waals surface area contributed by atoms with Gasteiger partial charge in [0.2, 0.25) is 5.89 Å². The second kappa shape index (κ2) is 9.06. The lowest BCUT2D eigenvalue weighted by Crippen LogP contribution is -2.13. The monoisotopic (exact) mass is 478 g/mol. The fourth-order valence-electron chi connectivity index (χ4n) is 3.16. The normalized spacial score (nSPS) is 10.5. The van der Waals surface area contributed by atoms with Gasteiger partial charge in [-0.05, 0) is 42.5 Å². The Kier molecular flexibility index (Phi) is 6.04. The van der Waals surface area contributed by atoms with Gasteiger partial charge in [0.25, 0.3) is 5.91 Å². The van der Waals surface area contributed by atoms with Gasteiger partial charge in [0.1, 0.15) is 11.5 Å². The van der Waals surface area contributed by atoms with Gasteiger partial charge >= 0.3 is 0 Å². The Balaban J connectivity index is 1.67. The van der Waals surface area contributed by atoms with Crippen LogP contribution in [-0.4, -0.2) is 25.1 Å². The van der Waals surface area contributed by atoms with Gasteiger partial charge < -0.3 is 19.2 Å². The van der Waals surface area contributed by atoms with Gasteiger partial charge in [0, 0.05) is 21.8 Å². The number of nitrogens with one attached hydrogen (secondary N) is 1.